The second kappa shape index (κ2) is 8.99. The Kier molecular flexibility index (Phi) is 6.44. The summed E-state index contributed by atoms with van der Waals surface area (Å²) < 4.78 is 7.29. The Bertz CT molecular complexity index is 820. The first kappa shape index (κ1) is 20.0. The summed E-state index contributed by atoms with van der Waals surface area (Å²) >= 11 is 0. The summed E-state index contributed by atoms with van der Waals surface area (Å²) in [7, 11) is 3.69. The molecule has 0 atom stereocenters. The van der Waals surface area contributed by atoms with Gasteiger partial charge < -0.3 is 19.9 Å². The zero-order valence-electron chi connectivity index (χ0n) is 17.7. The molecule has 1 N–H and O–H groups in total. The van der Waals surface area contributed by atoms with Gasteiger partial charge in [0, 0.05) is 62.8 Å². The van der Waals surface area contributed by atoms with Crippen molar-refractivity contribution in [3.63, 3.8) is 0 Å². The fourth-order valence-corrected chi connectivity index (χ4v) is 3.61. The van der Waals surface area contributed by atoms with Gasteiger partial charge in [0.25, 0.3) is 0 Å². The van der Waals surface area contributed by atoms with Crippen molar-refractivity contribution in [3.8, 4) is 5.75 Å². The Hall–Kier alpha value is -2.70. The van der Waals surface area contributed by atoms with Crippen molar-refractivity contribution in [1.29, 1.82) is 0 Å². The summed E-state index contributed by atoms with van der Waals surface area (Å²) in [5, 5.41) is 7.95. The molecule has 7 nitrogen and oxygen atoms in total. The predicted molar refractivity (Wildman–Crippen MR) is 114 cm³/mol. The van der Waals surface area contributed by atoms with E-state index in [1.165, 1.54) is 16.9 Å². The monoisotopic (exact) mass is 384 g/mol. The Morgan fingerprint density at radius 2 is 1.96 bits per heavy atom. The predicted octanol–water partition coefficient (Wildman–Crippen LogP) is 2.33. The van der Waals surface area contributed by atoms with Crippen LogP contribution in [0.15, 0.2) is 29.3 Å². The van der Waals surface area contributed by atoms with Gasteiger partial charge in [-0.15, -0.1) is 0 Å². The molecule has 0 bridgehead atoms. The average Bonchev–Trinajstić information content (AvgIpc) is 2.97. The third kappa shape index (κ3) is 4.40. The highest BCUT2D eigenvalue weighted by Gasteiger charge is 2.20. The smallest absolute Gasteiger partial charge is 0.194 e. The first-order chi connectivity index (χ1) is 13.5. The number of methoxy groups -OCH3 is 1. The fraction of sp³-hybridized carbons (Fsp3) is 0.524. The maximum absolute atomic E-state index is 5.36. The maximum Gasteiger partial charge on any atom is 0.194 e. The minimum atomic E-state index is 0.657. The van der Waals surface area contributed by atoms with Crippen LogP contribution in [-0.4, -0.2) is 60.5 Å². The molecule has 0 unspecified atom stereocenters. The molecule has 0 spiro atoms. The number of nitrogens with zero attached hydrogens (tertiary/aromatic N) is 5. The maximum atomic E-state index is 5.36. The molecular formula is C21H32N6O. The van der Waals surface area contributed by atoms with E-state index < -0.39 is 0 Å². The van der Waals surface area contributed by atoms with Crippen molar-refractivity contribution in [2.24, 2.45) is 12.0 Å². The molecule has 0 saturated carbocycles. The molecule has 28 heavy (non-hydrogen) atoms. The highest BCUT2D eigenvalue weighted by atomic mass is 16.5. The van der Waals surface area contributed by atoms with E-state index in [-0.39, 0.29) is 0 Å². The van der Waals surface area contributed by atoms with Gasteiger partial charge in [-0.1, -0.05) is 6.07 Å². The Morgan fingerprint density at radius 3 is 2.57 bits per heavy atom. The van der Waals surface area contributed by atoms with E-state index in [0.29, 0.717) is 6.54 Å². The zero-order valence-corrected chi connectivity index (χ0v) is 17.7. The minimum Gasteiger partial charge on any atom is -0.497 e. The SMILES string of the molecule is CCNC(=NCc1c(C)nn(C)c1C)N1CCN(c2cccc(OC)c2)CC1. The molecule has 0 amide bonds. The summed E-state index contributed by atoms with van der Waals surface area (Å²) in [6.45, 7) is 11.6. The van der Waals surface area contributed by atoms with Crippen LogP contribution in [0.25, 0.3) is 0 Å². The topological polar surface area (TPSA) is 57.9 Å². The van der Waals surface area contributed by atoms with Crippen molar-refractivity contribution in [2.45, 2.75) is 27.3 Å². The van der Waals surface area contributed by atoms with Crippen LogP contribution in [0.3, 0.4) is 0 Å². The van der Waals surface area contributed by atoms with Crippen LogP contribution in [0.5, 0.6) is 5.75 Å². The molecule has 7 heteroatoms. The Morgan fingerprint density at radius 1 is 1.21 bits per heavy atom. The van der Waals surface area contributed by atoms with Crippen LogP contribution >= 0.6 is 0 Å². The van der Waals surface area contributed by atoms with Gasteiger partial charge in [-0.05, 0) is 32.9 Å². The zero-order chi connectivity index (χ0) is 20.1. The first-order valence-corrected chi connectivity index (χ1v) is 9.94. The van der Waals surface area contributed by atoms with E-state index in [9.17, 15) is 0 Å². The molecule has 1 saturated heterocycles. The van der Waals surface area contributed by atoms with Crippen LogP contribution in [0.1, 0.15) is 23.9 Å². The number of piperazine rings is 1. The Balaban J connectivity index is 1.67. The summed E-state index contributed by atoms with van der Waals surface area (Å²) in [5.41, 5.74) is 4.66. The number of hydrogen-bond acceptors (Lipinski definition) is 4. The summed E-state index contributed by atoms with van der Waals surface area (Å²) in [6.07, 6.45) is 0. The molecule has 1 aromatic heterocycles. The standard InChI is InChI=1S/C21H32N6O/c1-6-22-21(23-15-20-16(2)24-25(4)17(20)3)27-12-10-26(11-13-27)18-8-7-9-19(14-18)28-5/h7-9,14H,6,10-13,15H2,1-5H3,(H,22,23). The number of aryl methyl sites for hydroxylation is 2. The molecule has 1 aromatic carbocycles. The van der Waals surface area contributed by atoms with E-state index in [1.807, 2.05) is 23.9 Å². The lowest BCUT2D eigenvalue weighted by Crippen LogP contribution is -2.52. The van der Waals surface area contributed by atoms with E-state index in [2.05, 4.69) is 53.1 Å². The quantitative estimate of drug-likeness (QED) is 0.633. The van der Waals surface area contributed by atoms with Gasteiger partial charge in [0.1, 0.15) is 5.75 Å². The normalized spacial score (nSPS) is 15.1. The lowest BCUT2D eigenvalue weighted by atomic mass is 10.2. The highest BCUT2D eigenvalue weighted by Crippen LogP contribution is 2.22. The van der Waals surface area contributed by atoms with Crippen LogP contribution in [-0.2, 0) is 13.6 Å². The number of rotatable bonds is 5. The van der Waals surface area contributed by atoms with E-state index in [1.54, 1.807) is 7.11 Å². The molecule has 152 valence electrons. The number of benzene rings is 1. The number of nitrogens with one attached hydrogen (secondary N) is 1. The van der Waals surface area contributed by atoms with E-state index in [0.717, 1.165) is 50.1 Å². The number of hydrogen-bond donors (Lipinski definition) is 1. The molecule has 2 aromatic rings. The molecule has 0 aliphatic carbocycles. The van der Waals surface area contributed by atoms with Crippen molar-refractivity contribution in [2.75, 3.05) is 44.7 Å². The summed E-state index contributed by atoms with van der Waals surface area (Å²) in [6, 6.07) is 8.27. The van der Waals surface area contributed by atoms with E-state index in [4.69, 9.17) is 9.73 Å². The fourth-order valence-electron chi connectivity index (χ4n) is 3.61. The summed E-state index contributed by atoms with van der Waals surface area (Å²) in [4.78, 5) is 9.66. The van der Waals surface area contributed by atoms with Crippen LogP contribution < -0.4 is 15.0 Å². The third-order valence-electron chi connectivity index (χ3n) is 5.38. The molecule has 1 aliphatic rings. The van der Waals surface area contributed by atoms with Crippen LogP contribution in [0.4, 0.5) is 5.69 Å². The van der Waals surface area contributed by atoms with Crippen molar-refractivity contribution in [3.05, 3.63) is 41.2 Å². The minimum absolute atomic E-state index is 0.657. The number of guanidine groups is 1. The summed E-state index contributed by atoms with van der Waals surface area (Å²) in [5.74, 6) is 1.88. The average molecular weight is 385 g/mol. The largest absolute Gasteiger partial charge is 0.497 e. The molecule has 1 aliphatic heterocycles. The number of anilines is 1. The first-order valence-electron chi connectivity index (χ1n) is 9.94. The molecule has 0 radical (unpaired) electrons. The van der Waals surface area contributed by atoms with Crippen molar-refractivity contribution < 1.29 is 4.74 Å². The molecule has 3 rings (SSSR count). The second-order valence-electron chi connectivity index (χ2n) is 7.12. The van der Waals surface area contributed by atoms with Crippen LogP contribution in [0, 0.1) is 13.8 Å². The molecule has 1 fully saturated rings. The lowest BCUT2D eigenvalue weighted by Gasteiger charge is -2.37. The van der Waals surface area contributed by atoms with Crippen LogP contribution in [0.2, 0.25) is 0 Å². The van der Waals surface area contributed by atoms with Gasteiger partial charge in [-0.25, -0.2) is 4.99 Å². The third-order valence-corrected chi connectivity index (χ3v) is 5.38. The number of aliphatic imine (C=N–C) groups is 1. The molecule has 2 heterocycles. The van der Waals surface area contributed by atoms with Gasteiger partial charge >= 0.3 is 0 Å². The van der Waals surface area contributed by atoms with Crippen molar-refractivity contribution >= 4 is 11.6 Å². The second-order valence-corrected chi connectivity index (χ2v) is 7.12. The van der Waals surface area contributed by atoms with Crippen molar-refractivity contribution in [1.82, 2.24) is 20.0 Å². The highest BCUT2D eigenvalue weighted by molar-refractivity contribution is 5.80. The van der Waals surface area contributed by atoms with Gasteiger partial charge in [0.05, 0.1) is 19.3 Å². The van der Waals surface area contributed by atoms with Gasteiger partial charge in [-0.3, -0.25) is 4.68 Å². The lowest BCUT2D eigenvalue weighted by molar-refractivity contribution is 0.372. The number of ether oxygens (including phenoxy) is 1. The molecular weight excluding hydrogens is 352 g/mol. The van der Waals surface area contributed by atoms with Gasteiger partial charge in [0.2, 0.25) is 0 Å². The van der Waals surface area contributed by atoms with Gasteiger partial charge in [0.15, 0.2) is 5.96 Å². The Labute approximate surface area is 168 Å². The van der Waals surface area contributed by atoms with E-state index >= 15 is 0 Å². The van der Waals surface area contributed by atoms with Gasteiger partial charge in [-0.2, -0.15) is 5.10 Å². The number of aromatic nitrogens is 2.